The first-order chi connectivity index (χ1) is 13.4. The van der Waals surface area contributed by atoms with Crippen LogP contribution in [0.5, 0.6) is 0 Å². The van der Waals surface area contributed by atoms with Gasteiger partial charge >= 0.3 is 11.9 Å². The number of hydrogen-bond donors (Lipinski definition) is 10. The molecule has 9 atom stereocenters. The zero-order chi connectivity index (χ0) is 22.9. The lowest BCUT2D eigenvalue weighted by Crippen LogP contribution is -2.50. The molecule has 0 spiro atoms. The normalized spacial score (nSPS) is 21.1. The third-order valence-electron chi connectivity index (χ3n) is 3.77. The molecule has 0 amide bonds. The Hall–Kier alpha value is -1.46. The van der Waals surface area contributed by atoms with Gasteiger partial charge in [-0.25, -0.2) is 9.59 Å². The number of carbonyl (C=O) groups is 2. The highest BCUT2D eigenvalue weighted by Crippen LogP contribution is 2.10. The van der Waals surface area contributed by atoms with Crippen molar-refractivity contribution >= 4 is 11.9 Å². The minimum absolute atomic E-state index is 0.697. The van der Waals surface area contributed by atoms with Crippen molar-refractivity contribution < 1.29 is 70.1 Å². The van der Waals surface area contributed by atoms with Gasteiger partial charge in [-0.15, -0.1) is 0 Å². The van der Waals surface area contributed by atoms with Gasteiger partial charge in [0, 0.05) is 0 Å². The number of ether oxygens (including phenoxy) is 2. The van der Waals surface area contributed by atoms with E-state index in [0.717, 1.165) is 0 Å². The molecule has 0 aromatic carbocycles. The molecule has 0 saturated heterocycles. The van der Waals surface area contributed by atoms with E-state index in [2.05, 4.69) is 9.47 Å². The van der Waals surface area contributed by atoms with E-state index in [1.807, 2.05) is 0 Å². The predicted octanol–water partition coefficient (Wildman–Crippen LogP) is -6.67. The van der Waals surface area contributed by atoms with Crippen molar-refractivity contribution in [3.63, 3.8) is 0 Å². The third-order valence-corrected chi connectivity index (χ3v) is 3.77. The Bertz CT molecular complexity index is 501. The molecule has 0 aromatic heterocycles. The number of hydrogen-bond acceptors (Lipinski definition) is 14. The Balaban J connectivity index is 4.58. The molecule has 0 aliphatic rings. The van der Waals surface area contributed by atoms with E-state index < -0.39 is 86.7 Å². The van der Waals surface area contributed by atoms with Crippen molar-refractivity contribution in [3.05, 3.63) is 0 Å². The molecule has 0 rings (SSSR count). The van der Waals surface area contributed by atoms with Crippen LogP contribution in [0.4, 0.5) is 0 Å². The topological polar surface area (TPSA) is 255 Å². The molecule has 0 saturated carbocycles. The molecule has 0 radical (unpaired) electrons. The Morgan fingerprint density at radius 1 is 0.690 bits per heavy atom. The highest BCUT2D eigenvalue weighted by Gasteiger charge is 2.37. The average molecular weight is 432 g/mol. The van der Waals surface area contributed by atoms with Crippen LogP contribution in [0, 0.1) is 0 Å². The second-order valence-electron chi connectivity index (χ2n) is 6.23. The quantitative estimate of drug-likeness (QED) is 0.121. The lowest BCUT2D eigenvalue weighted by molar-refractivity contribution is -0.183. The third kappa shape index (κ3) is 8.43. The van der Waals surface area contributed by atoms with Crippen LogP contribution in [0.15, 0.2) is 0 Å². The van der Waals surface area contributed by atoms with Crippen molar-refractivity contribution in [2.24, 2.45) is 0 Å². The Morgan fingerprint density at radius 3 is 1.45 bits per heavy atom. The van der Waals surface area contributed by atoms with Gasteiger partial charge in [-0.1, -0.05) is 0 Å². The molecule has 0 bridgehead atoms. The lowest BCUT2D eigenvalue weighted by Gasteiger charge is -2.26. The van der Waals surface area contributed by atoms with E-state index in [-0.39, 0.29) is 0 Å². The van der Waals surface area contributed by atoms with Crippen LogP contribution >= 0.6 is 0 Å². The van der Waals surface area contributed by atoms with Gasteiger partial charge in [0.2, 0.25) is 0 Å². The first-order valence-corrected chi connectivity index (χ1v) is 8.42. The molecule has 29 heavy (non-hydrogen) atoms. The number of esters is 2. The summed E-state index contributed by atoms with van der Waals surface area (Å²) in [6, 6.07) is 0. The van der Waals surface area contributed by atoms with Crippen molar-refractivity contribution in [3.8, 4) is 0 Å². The largest absolute Gasteiger partial charge is 0.460 e. The zero-order valence-electron chi connectivity index (χ0n) is 15.4. The minimum Gasteiger partial charge on any atom is -0.460 e. The van der Waals surface area contributed by atoms with Gasteiger partial charge in [-0.05, 0) is 6.92 Å². The molecule has 14 nitrogen and oxygen atoms in total. The maximum atomic E-state index is 11.7. The van der Waals surface area contributed by atoms with Gasteiger partial charge in [0.15, 0.2) is 12.2 Å². The van der Waals surface area contributed by atoms with Crippen LogP contribution in [0.25, 0.3) is 0 Å². The lowest BCUT2D eigenvalue weighted by atomic mass is 10.0. The van der Waals surface area contributed by atoms with Crippen LogP contribution in [-0.4, -0.2) is 138 Å². The minimum atomic E-state index is -2.31. The summed E-state index contributed by atoms with van der Waals surface area (Å²) in [5.74, 6) is -2.93. The van der Waals surface area contributed by atoms with Gasteiger partial charge in [-0.2, -0.15) is 0 Å². The number of rotatable bonds is 13. The molecule has 14 heteroatoms. The summed E-state index contributed by atoms with van der Waals surface area (Å²) in [5, 5.41) is 92.7. The molecule has 0 aromatic rings. The number of carbonyl (C=O) groups excluding carboxylic acids is 2. The number of aliphatic hydroxyl groups is 10. The summed E-state index contributed by atoms with van der Waals surface area (Å²) in [6.45, 7) is -1.43. The summed E-state index contributed by atoms with van der Waals surface area (Å²) in [7, 11) is 0. The summed E-state index contributed by atoms with van der Waals surface area (Å²) in [5.41, 5.74) is 0. The fourth-order valence-corrected chi connectivity index (χ4v) is 1.91. The van der Waals surface area contributed by atoms with Gasteiger partial charge < -0.3 is 60.5 Å². The van der Waals surface area contributed by atoms with E-state index in [0.29, 0.717) is 0 Å². The van der Waals surface area contributed by atoms with Crippen molar-refractivity contribution in [2.45, 2.75) is 61.9 Å². The SMILES string of the molecule is CC(COC(=O)[C@@H](O)[C@H](O)[C@@H](O)[C@H](O)CO)OC(=O)[C@@H](O)[C@H](O)[C@@H](O)[C@H](O)CO. The van der Waals surface area contributed by atoms with E-state index in [1.165, 1.54) is 6.92 Å². The predicted molar refractivity (Wildman–Crippen MR) is 88.7 cm³/mol. The standard InChI is InChI=1S/C15H28O14/c1-5(29-15(27)13(25)11(23)9(21)7(19)3-17)4-28-14(26)12(24)10(22)8(20)6(18)2-16/h5-13,16-25H,2-4H2,1H3/t5?,6-,7-,8+,9+,10-,11-,12+,13+/m1/s1. The Labute approximate surface area is 164 Å². The Morgan fingerprint density at radius 2 is 1.07 bits per heavy atom. The van der Waals surface area contributed by atoms with Gasteiger partial charge in [0.25, 0.3) is 0 Å². The van der Waals surface area contributed by atoms with E-state index in [4.69, 9.17) is 20.4 Å². The highest BCUT2D eigenvalue weighted by atomic mass is 16.6. The molecular formula is C15H28O14. The molecule has 10 N–H and O–H groups in total. The highest BCUT2D eigenvalue weighted by molar-refractivity contribution is 5.76. The van der Waals surface area contributed by atoms with Crippen molar-refractivity contribution in [2.75, 3.05) is 19.8 Å². The van der Waals surface area contributed by atoms with Gasteiger partial charge in [0.05, 0.1) is 13.2 Å². The second kappa shape index (κ2) is 13.0. The molecule has 1 unspecified atom stereocenters. The summed E-state index contributed by atoms with van der Waals surface area (Å²) in [6.07, 6.45) is -18.1. The zero-order valence-corrected chi connectivity index (χ0v) is 15.4. The van der Waals surface area contributed by atoms with Crippen LogP contribution in [-0.2, 0) is 19.1 Å². The average Bonchev–Trinajstić information content (AvgIpc) is 2.72. The molecule has 0 aliphatic carbocycles. The van der Waals surface area contributed by atoms with E-state index >= 15 is 0 Å². The molecule has 172 valence electrons. The molecule has 0 heterocycles. The maximum absolute atomic E-state index is 11.7. The first-order valence-electron chi connectivity index (χ1n) is 8.42. The van der Waals surface area contributed by atoms with Gasteiger partial charge in [-0.3, -0.25) is 0 Å². The fraction of sp³-hybridized carbons (Fsp3) is 0.867. The van der Waals surface area contributed by atoms with Crippen LogP contribution < -0.4 is 0 Å². The number of aliphatic hydroxyl groups excluding tert-OH is 10. The van der Waals surface area contributed by atoms with E-state index in [9.17, 15) is 40.2 Å². The second-order valence-corrected chi connectivity index (χ2v) is 6.23. The smallest absolute Gasteiger partial charge is 0.338 e. The first kappa shape index (κ1) is 27.5. The van der Waals surface area contributed by atoms with Crippen LogP contribution in [0.2, 0.25) is 0 Å². The molecule has 0 fully saturated rings. The van der Waals surface area contributed by atoms with Crippen LogP contribution in [0.1, 0.15) is 6.92 Å². The molecule has 0 aliphatic heterocycles. The fourth-order valence-electron chi connectivity index (χ4n) is 1.91. The van der Waals surface area contributed by atoms with Crippen molar-refractivity contribution in [1.82, 2.24) is 0 Å². The van der Waals surface area contributed by atoms with Crippen molar-refractivity contribution in [1.29, 1.82) is 0 Å². The monoisotopic (exact) mass is 432 g/mol. The maximum Gasteiger partial charge on any atom is 0.338 e. The Kier molecular flexibility index (Phi) is 12.3. The summed E-state index contributed by atoms with van der Waals surface area (Å²) < 4.78 is 9.19. The van der Waals surface area contributed by atoms with E-state index in [1.54, 1.807) is 0 Å². The summed E-state index contributed by atoms with van der Waals surface area (Å²) >= 11 is 0. The van der Waals surface area contributed by atoms with Gasteiger partial charge in [0.1, 0.15) is 49.3 Å². The molecular weight excluding hydrogens is 404 g/mol. The summed E-state index contributed by atoms with van der Waals surface area (Å²) in [4.78, 5) is 23.3. The van der Waals surface area contributed by atoms with Crippen LogP contribution in [0.3, 0.4) is 0 Å².